The summed E-state index contributed by atoms with van der Waals surface area (Å²) < 4.78 is 0. The zero-order valence-corrected chi connectivity index (χ0v) is 10.4. The minimum absolute atomic E-state index is 0.559. The largest absolute Gasteiger partial charge is 0.316 e. The van der Waals surface area contributed by atoms with E-state index >= 15 is 0 Å². The third-order valence-corrected chi connectivity index (χ3v) is 3.82. The zero-order chi connectivity index (χ0) is 12.2. The Morgan fingerprint density at radius 2 is 1.78 bits per heavy atom. The minimum atomic E-state index is 0.559. The monoisotopic (exact) mass is 238 g/mol. The summed E-state index contributed by atoms with van der Waals surface area (Å²) in [5.41, 5.74) is 2.80. The molecule has 0 amide bonds. The van der Waals surface area contributed by atoms with Gasteiger partial charge in [-0.3, -0.25) is 4.98 Å². The van der Waals surface area contributed by atoms with Crippen LogP contribution in [0.25, 0.3) is 0 Å². The van der Waals surface area contributed by atoms with E-state index in [4.69, 9.17) is 0 Å². The number of rotatable bonds is 2. The second kappa shape index (κ2) is 5.32. The molecule has 0 bridgehead atoms. The Balaban J connectivity index is 1.92. The summed E-state index contributed by atoms with van der Waals surface area (Å²) in [5, 5.41) is 3.51. The lowest BCUT2D eigenvalue weighted by atomic mass is 9.78. The second-order valence-electron chi connectivity index (χ2n) is 4.90. The summed E-state index contributed by atoms with van der Waals surface area (Å²) in [5.74, 6) is 1.14. The first-order valence-corrected chi connectivity index (χ1v) is 6.61. The Labute approximate surface area is 108 Å². The molecule has 1 aliphatic rings. The van der Waals surface area contributed by atoms with E-state index in [0.717, 1.165) is 13.1 Å². The Kier molecular flexibility index (Phi) is 3.37. The van der Waals surface area contributed by atoms with Crippen molar-refractivity contribution in [2.75, 3.05) is 13.1 Å². The fourth-order valence-electron chi connectivity index (χ4n) is 2.90. The Hall–Kier alpha value is -1.67. The van der Waals surface area contributed by atoms with E-state index in [9.17, 15) is 0 Å². The lowest BCUT2D eigenvalue weighted by molar-refractivity contribution is 0.403. The molecular weight excluding hydrogens is 220 g/mol. The lowest BCUT2D eigenvalue weighted by Gasteiger charge is -2.32. The number of hydrogen-bond donors (Lipinski definition) is 1. The van der Waals surface area contributed by atoms with Crippen molar-refractivity contribution in [2.24, 2.45) is 0 Å². The maximum Gasteiger partial charge on any atom is 0.0302 e. The van der Waals surface area contributed by atoms with E-state index in [-0.39, 0.29) is 0 Å². The molecule has 0 saturated carbocycles. The van der Waals surface area contributed by atoms with Crippen molar-refractivity contribution in [3.05, 3.63) is 66.0 Å². The summed E-state index contributed by atoms with van der Waals surface area (Å²) in [6, 6.07) is 15.1. The number of aromatic nitrogens is 1. The predicted molar refractivity (Wildman–Crippen MR) is 73.6 cm³/mol. The molecule has 2 nitrogen and oxygen atoms in total. The van der Waals surface area contributed by atoms with Crippen LogP contribution >= 0.6 is 0 Å². The van der Waals surface area contributed by atoms with Crippen LogP contribution in [0, 0.1) is 0 Å². The SMILES string of the molecule is c1ccc(C2CNCCC2c2cccnc2)cc1. The average molecular weight is 238 g/mol. The van der Waals surface area contributed by atoms with Gasteiger partial charge in [-0.25, -0.2) is 0 Å². The van der Waals surface area contributed by atoms with Crippen LogP contribution < -0.4 is 5.32 Å². The van der Waals surface area contributed by atoms with Crippen molar-refractivity contribution < 1.29 is 0 Å². The van der Waals surface area contributed by atoms with Gasteiger partial charge in [-0.05, 0) is 36.1 Å². The van der Waals surface area contributed by atoms with Crippen LogP contribution in [0.5, 0.6) is 0 Å². The first-order valence-electron chi connectivity index (χ1n) is 6.61. The molecule has 2 heterocycles. The number of pyridine rings is 1. The van der Waals surface area contributed by atoms with Crippen LogP contribution in [-0.4, -0.2) is 18.1 Å². The van der Waals surface area contributed by atoms with E-state index in [1.807, 2.05) is 18.5 Å². The van der Waals surface area contributed by atoms with Crippen LogP contribution in [0.3, 0.4) is 0 Å². The summed E-state index contributed by atoms with van der Waals surface area (Å²) in [6.07, 6.45) is 5.05. The van der Waals surface area contributed by atoms with Gasteiger partial charge in [-0.1, -0.05) is 36.4 Å². The predicted octanol–water partition coefficient (Wildman–Crippen LogP) is 2.94. The van der Waals surface area contributed by atoms with Crippen LogP contribution in [0.2, 0.25) is 0 Å². The molecule has 1 N–H and O–H groups in total. The van der Waals surface area contributed by atoms with Crippen molar-refractivity contribution in [3.8, 4) is 0 Å². The van der Waals surface area contributed by atoms with E-state index < -0.39 is 0 Å². The summed E-state index contributed by atoms with van der Waals surface area (Å²) in [6.45, 7) is 2.16. The van der Waals surface area contributed by atoms with Crippen molar-refractivity contribution in [1.82, 2.24) is 10.3 Å². The van der Waals surface area contributed by atoms with E-state index in [0.29, 0.717) is 11.8 Å². The average Bonchev–Trinajstić information content (AvgIpc) is 2.49. The number of piperidine rings is 1. The molecule has 2 unspecified atom stereocenters. The molecule has 18 heavy (non-hydrogen) atoms. The summed E-state index contributed by atoms with van der Waals surface area (Å²) in [4.78, 5) is 4.27. The number of benzene rings is 1. The maximum atomic E-state index is 4.27. The lowest BCUT2D eigenvalue weighted by Crippen LogP contribution is -2.34. The molecule has 3 rings (SSSR count). The van der Waals surface area contributed by atoms with Crippen molar-refractivity contribution >= 4 is 0 Å². The van der Waals surface area contributed by atoms with Gasteiger partial charge in [0.15, 0.2) is 0 Å². The first kappa shape index (κ1) is 11.4. The van der Waals surface area contributed by atoms with E-state index in [1.165, 1.54) is 17.5 Å². The maximum absolute atomic E-state index is 4.27. The number of nitrogens with one attached hydrogen (secondary N) is 1. The highest BCUT2D eigenvalue weighted by Gasteiger charge is 2.27. The topological polar surface area (TPSA) is 24.9 Å². The molecule has 1 aromatic heterocycles. The fourth-order valence-corrected chi connectivity index (χ4v) is 2.90. The Morgan fingerprint density at radius 3 is 2.56 bits per heavy atom. The molecule has 1 fully saturated rings. The Bertz CT molecular complexity index is 433. The Morgan fingerprint density at radius 1 is 0.944 bits per heavy atom. The van der Waals surface area contributed by atoms with Crippen LogP contribution in [0.15, 0.2) is 54.9 Å². The molecular formula is C16H18N2. The molecule has 1 aromatic carbocycles. The van der Waals surface area contributed by atoms with Gasteiger partial charge in [0, 0.05) is 24.9 Å². The summed E-state index contributed by atoms with van der Waals surface area (Å²) >= 11 is 0. The third-order valence-electron chi connectivity index (χ3n) is 3.82. The smallest absolute Gasteiger partial charge is 0.0302 e. The number of hydrogen-bond acceptors (Lipinski definition) is 2. The molecule has 0 spiro atoms. The molecule has 1 saturated heterocycles. The second-order valence-corrected chi connectivity index (χ2v) is 4.90. The highest BCUT2D eigenvalue weighted by molar-refractivity contribution is 5.28. The van der Waals surface area contributed by atoms with Gasteiger partial charge in [0.1, 0.15) is 0 Å². The highest BCUT2D eigenvalue weighted by atomic mass is 14.9. The minimum Gasteiger partial charge on any atom is -0.316 e. The molecule has 1 aliphatic heterocycles. The van der Waals surface area contributed by atoms with E-state index in [2.05, 4.69) is 46.7 Å². The van der Waals surface area contributed by atoms with Crippen LogP contribution in [-0.2, 0) is 0 Å². The van der Waals surface area contributed by atoms with Crippen LogP contribution in [0.1, 0.15) is 29.4 Å². The van der Waals surface area contributed by atoms with Crippen molar-refractivity contribution in [1.29, 1.82) is 0 Å². The van der Waals surface area contributed by atoms with Gasteiger partial charge in [0.05, 0.1) is 0 Å². The quantitative estimate of drug-likeness (QED) is 0.870. The first-order chi connectivity index (χ1) is 8.95. The van der Waals surface area contributed by atoms with Gasteiger partial charge in [-0.2, -0.15) is 0 Å². The van der Waals surface area contributed by atoms with Gasteiger partial charge in [-0.15, -0.1) is 0 Å². The standard InChI is InChI=1S/C16H18N2/c1-2-5-13(6-3-1)16-12-18-10-8-15(16)14-7-4-9-17-11-14/h1-7,9,11,15-16,18H,8,10,12H2. The van der Waals surface area contributed by atoms with Crippen molar-refractivity contribution in [3.63, 3.8) is 0 Å². The van der Waals surface area contributed by atoms with Crippen molar-refractivity contribution in [2.45, 2.75) is 18.3 Å². The van der Waals surface area contributed by atoms with Gasteiger partial charge < -0.3 is 5.32 Å². The van der Waals surface area contributed by atoms with Gasteiger partial charge in [0.2, 0.25) is 0 Å². The third kappa shape index (κ3) is 2.29. The molecule has 2 aromatic rings. The molecule has 0 aliphatic carbocycles. The van der Waals surface area contributed by atoms with Gasteiger partial charge in [0.25, 0.3) is 0 Å². The molecule has 2 atom stereocenters. The molecule has 0 radical (unpaired) electrons. The highest BCUT2D eigenvalue weighted by Crippen LogP contribution is 2.36. The van der Waals surface area contributed by atoms with Gasteiger partial charge >= 0.3 is 0 Å². The summed E-state index contributed by atoms with van der Waals surface area (Å²) in [7, 11) is 0. The molecule has 92 valence electrons. The molecule has 2 heteroatoms. The zero-order valence-electron chi connectivity index (χ0n) is 10.4. The number of nitrogens with zero attached hydrogens (tertiary/aromatic N) is 1. The normalized spacial score (nSPS) is 23.8. The van der Waals surface area contributed by atoms with Crippen LogP contribution in [0.4, 0.5) is 0 Å². The van der Waals surface area contributed by atoms with E-state index in [1.54, 1.807) is 0 Å². The fraction of sp³-hybridized carbons (Fsp3) is 0.312.